The van der Waals surface area contributed by atoms with Crippen molar-refractivity contribution in [2.75, 3.05) is 13.2 Å². The zero-order valence-corrected chi connectivity index (χ0v) is 20.9. The van der Waals surface area contributed by atoms with Crippen LogP contribution in [-0.4, -0.2) is 30.3 Å². The van der Waals surface area contributed by atoms with E-state index < -0.39 is 5.97 Å². The molecule has 0 spiro atoms. The lowest BCUT2D eigenvalue weighted by atomic mass is 9.48. The fourth-order valence-electron chi connectivity index (χ4n) is 7.16. The number of hydrogen-bond donors (Lipinski definition) is 1. The number of unbranched alkanes of at least 4 members (excludes halogenated alkanes) is 1. The van der Waals surface area contributed by atoms with Crippen molar-refractivity contribution in [1.82, 2.24) is 0 Å². The van der Waals surface area contributed by atoms with Crippen molar-refractivity contribution in [3.8, 4) is 17.6 Å². The second kappa shape index (κ2) is 10.4. The first kappa shape index (κ1) is 24.4. The van der Waals surface area contributed by atoms with Gasteiger partial charge in [0.05, 0.1) is 24.3 Å². The van der Waals surface area contributed by atoms with E-state index in [1.807, 2.05) is 12.1 Å². The normalized spacial score (nSPS) is 25.6. The van der Waals surface area contributed by atoms with E-state index in [4.69, 9.17) is 9.47 Å². The number of carboxylic acids is 1. The Morgan fingerprint density at radius 1 is 0.889 bits per heavy atom. The fourth-order valence-corrected chi connectivity index (χ4v) is 7.16. The molecule has 4 aliphatic carbocycles. The number of aromatic carboxylic acids is 1. The first-order valence-electron chi connectivity index (χ1n) is 13.2. The number of benzene rings is 2. The molecule has 2 aromatic carbocycles. The fraction of sp³-hybridized carbons (Fsp3) is 0.484. The molecular weight excluding hydrogens is 452 g/mol. The van der Waals surface area contributed by atoms with Crippen LogP contribution >= 0.6 is 0 Å². The van der Waals surface area contributed by atoms with E-state index in [1.54, 1.807) is 18.2 Å². The van der Waals surface area contributed by atoms with Crippen LogP contribution in [0.25, 0.3) is 0 Å². The van der Waals surface area contributed by atoms with Crippen molar-refractivity contribution in [2.45, 2.75) is 63.7 Å². The van der Waals surface area contributed by atoms with E-state index in [2.05, 4.69) is 24.0 Å². The third kappa shape index (κ3) is 5.14. The standard InChI is InChI=1S/C31H34O5/c1-21(32)35-13-4-5-14-36-29-26(12-11-25-7-2-3-9-27(25)30(33)34)8-6-10-28(29)31-18-22-15-23(19-31)17-24(16-22)20-31/h2-3,6-10,22-24H,4-5,13-20H2,1H3,(H,33,34). The highest BCUT2D eigenvalue weighted by atomic mass is 16.5. The van der Waals surface area contributed by atoms with Crippen LogP contribution in [0.15, 0.2) is 42.5 Å². The first-order chi connectivity index (χ1) is 17.4. The minimum atomic E-state index is -0.980. The van der Waals surface area contributed by atoms with Gasteiger partial charge in [-0.05, 0) is 92.7 Å². The van der Waals surface area contributed by atoms with Crippen molar-refractivity contribution in [1.29, 1.82) is 0 Å². The Morgan fingerprint density at radius 2 is 1.50 bits per heavy atom. The van der Waals surface area contributed by atoms with Gasteiger partial charge in [0.2, 0.25) is 0 Å². The van der Waals surface area contributed by atoms with Gasteiger partial charge >= 0.3 is 11.9 Å². The topological polar surface area (TPSA) is 72.8 Å². The molecule has 0 aliphatic heterocycles. The molecule has 0 atom stereocenters. The average Bonchev–Trinajstić information content (AvgIpc) is 2.84. The molecule has 0 amide bonds. The summed E-state index contributed by atoms with van der Waals surface area (Å²) in [5, 5.41) is 9.56. The van der Waals surface area contributed by atoms with Gasteiger partial charge in [-0.3, -0.25) is 4.79 Å². The molecule has 4 aliphatic rings. The second-order valence-corrected chi connectivity index (χ2v) is 10.9. The quantitative estimate of drug-likeness (QED) is 0.283. The molecule has 1 N–H and O–H groups in total. The second-order valence-electron chi connectivity index (χ2n) is 10.9. The van der Waals surface area contributed by atoms with Crippen LogP contribution in [0.4, 0.5) is 0 Å². The lowest BCUT2D eigenvalue weighted by Crippen LogP contribution is -2.48. The van der Waals surface area contributed by atoms with Crippen molar-refractivity contribution in [3.05, 3.63) is 64.7 Å². The van der Waals surface area contributed by atoms with E-state index in [1.165, 1.54) is 51.0 Å². The number of ether oxygens (including phenoxy) is 2. The van der Waals surface area contributed by atoms with Crippen LogP contribution in [-0.2, 0) is 14.9 Å². The van der Waals surface area contributed by atoms with Gasteiger partial charge in [-0.1, -0.05) is 36.1 Å². The van der Waals surface area contributed by atoms with Gasteiger partial charge in [-0.25, -0.2) is 4.79 Å². The molecular formula is C31H34O5. The maximum Gasteiger partial charge on any atom is 0.336 e. The monoisotopic (exact) mass is 486 g/mol. The summed E-state index contributed by atoms with van der Waals surface area (Å²) >= 11 is 0. The summed E-state index contributed by atoms with van der Waals surface area (Å²) in [6, 6.07) is 13.1. The summed E-state index contributed by atoms with van der Waals surface area (Å²) in [6.07, 6.45) is 9.30. The zero-order chi connectivity index (χ0) is 25.1. The Bertz CT molecular complexity index is 1170. The highest BCUT2D eigenvalue weighted by Gasteiger charge is 2.52. The molecule has 2 aromatic rings. The van der Waals surface area contributed by atoms with Gasteiger partial charge in [0, 0.05) is 18.1 Å². The Kier molecular flexibility index (Phi) is 7.05. The molecule has 36 heavy (non-hydrogen) atoms. The summed E-state index contributed by atoms with van der Waals surface area (Å²) in [4.78, 5) is 22.7. The van der Waals surface area contributed by atoms with Gasteiger partial charge in [0.15, 0.2) is 0 Å². The molecule has 0 saturated heterocycles. The third-order valence-electron chi connectivity index (χ3n) is 8.20. The van der Waals surface area contributed by atoms with Crippen LogP contribution in [0.5, 0.6) is 5.75 Å². The summed E-state index contributed by atoms with van der Waals surface area (Å²) in [7, 11) is 0. The van der Waals surface area contributed by atoms with Gasteiger partial charge in [0.1, 0.15) is 5.75 Å². The molecule has 0 unspecified atom stereocenters. The first-order valence-corrected chi connectivity index (χ1v) is 13.2. The van der Waals surface area contributed by atoms with Gasteiger partial charge in [-0.15, -0.1) is 0 Å². The molecule has 0 aromatic heterocycles. The van der Waals surface area contributed by atoms with Gasteiger partial charge < -0.3 is 14.6 Å². The van der Waals surface area contributed by atoms with E-state index in [0.717, 1.165) is 41.9 Å². The van der Waals surface area contributed by atoms with Crippen LogP contribution in [0.2, 0.25) is 0 Å². The molecule has 188 valence electrons. The smallest absolute Gasteiger partial charge is 0.336 e. The summed E-state index contributed by atoms with van der Waals surface area (Å²) in [5.74, 6) is 8.41. The van der Waals surface area contributed by atoms with Crippen LogP contribution in [0, 0.1) is 29.6 Å². The Balaban J connectivity index is 1.46. The van der Waals surface area contributed by atoms with Crippen molar-refractivity contribution in [3.63, 3.8) is 0 Å². The summed E-state index contributed by atoms with van der Waals surface area (Å²) < 4.78 is 11.5. The molecule has 0 radical (unpaired) electrons. The van der Waals surface area contributed by atoms with E-state index >= 15 is 0 Å². The molecule has 5 nitrogen and oxygen atoms in total. The number of carbonyl (C=O) groups excluding carboxylic acids is 1. The van der Waals surface area contributed by atoms with E-state index in [0.29, 0.717) is 18.8 Å². The molecule has 4 bridgehead atoms. The number of esters is 1. The SMILES string of the molecule is CC(=O)OCCCCOc1c(C#Cc2ccccc2C(=O)O)cccc1C12CC3CC(CC(C3)C1)C2. The maximum absolute atomic E-state index is 11.7. The molecule has 0 heterocycles. The zero-order valence-electron chi connectivity index (χ0n) is 20.9. The summed E-state index contributed by atoms with van der Waals surface area (Å²) in [5.41, 5.74) is 2.94. The van der Waals surface area contributed by atoms with Crippen molar-refractivity contribution < 1.29 is 24.2 Å². The van der Waals surface area contributed by atoms with E-state index in [9.17, 15) is 14.7 Å². The Morgan fingerprint density at radius 3 is 2.17 bits per heavy atom. The number of carbonyl (C=O) groups is 2. The maximum atomic E-state index is 11.7. The van der Waals surface area contributed by atoms with Gasteiger partial charge in [-0.2, -0.15) is 0 Å². The lowest BCUT2D eigenvalue weighted by Gasteiger charge is -2.57. The van der Waals surface area contributed by atoms with Crippen LogP contribution in [0.3, 0.4) is 0 Å². The van der Waals surface area contributed by atoms with Crippen LogP contribution < -0.4 is 4.74 Å². The largest absolute Gasteiger partial charge is 0.492 e. The number of para-hydroxylation sites is 1. The minimum absolute atomic E-state index is 0.151. The number of carboxylic acid groups (broad SMARTS) is 1. The predicted octanol–water partition coefficient (Wildman–Crippen LogP) is 5.97. The van der Waals surface area contributed by atoms with Crippen molar-refractivity contribution >= 4 is 11.9 Å². The molecule has 5 heteroatoms. The van der Waals surface area contributed by atoms with Crippen LogP contribution in [0.1, 0.15) is 85.3 Å². The third-order valence-corrected chi connectivity index (χ3v) is 8.20. The highest BCUT2D eigenvalue weighted by Crippen LogP contribution is 2.62. The number of hydrogen-bond acceptors (Lipinski definition) is 4. The van der Waals surface area contributed by atoms with E-state index in [-0.39, 0.29) is 16.9 Å². The summed E-state index contributed by atoms with van der Waals surface area (Å²) in [6.45, 7) is 2.34. The minimum Gasteiger partial charge on any atom is -0.492 e. The highest BCUT2D eigenvalue weighted by molar-refractivity contribution is 5.90. The predicted molar refractivity (Wildman–Crippen MR) is 137 cm³/mol. The molecule has 4 fully saturated rings. The average molecular weight is 487 g/mol. The van der Waals surface area contributed by atoms with Crippen molar-refractivity contribution in [2.24, 2.45) is 17.8 Å². The Labute approximate surface area is 213 Å². The molecule has 4 saturated carbocycles. The Hall–Kier alpha value is -3.26. The van der Waals surface area contributed by atoms with Gasteiger partial charge in [0.25, 0.3) is 0 Å². The number of rotatable bonds is 8. The lowest BCUT2D eigenvalue weighted by molar-refractivity contribution is -0.141. The molecule has 6 rings (SSSR count).